The van der Waals surface area contributed by atoms with E-state index in [-0.39, 0.29) is 28.7 Å². The van der Waals surface area contributed by atoms with E-state index in [0.29, 0.717) is 15.7 Å². The van der Waals surface area contributed by atoms with E-state index in [9.17, 15) is 15.4 Å². The van der Waals surface area contributed by atoms with E-state index in [1.54, 1.807) is 23.9 Å². The molecular formula is C17H18N6O2S. The number of nitrogens with zero attached hydrogens (tertiary/aromatic N) is 4. The van der Waals surface area contributed by atoms with Crippen molar-refractivity contribution < 1.29 is 4.92 Å². The summed E-state index contributed by atoms with van der Waals surface area (Å²) in [5.74, 6) is -0.127. The Balaban J connectivity index is 2.02. The fraction of sp³-hybridized carbons (Fsp3) is 0.353. The molecule has 0 radical (unpaired) electrons. The summed E-state index contributed by atoms with van der Waals surface area (Å²) in [5, 5.41) is 21.3. The molecule has 0 saturated heterocycles. The van der Waals surface area contributed by atoms with Gasteiger partial charge in [-0.05, 0) is 18.9 Å². The van der Waals surface area contributed by atoms with Gasteiger partial charge in [0.2, 0.25) is 5.95 Å². The van der Waals surface area contributed by atoms with Crippen LogP contribution in [0, 0.1) is 21.4 Å². The summed E-state index contributed by atoms with van der Waals surface area (Å²) >= 11 is 1.55. The Labute approximate surface area is 154 Å². The molecule has 1 fully saturated rings. The molecule has 26 heavy (non-hydrogen) atoms. The molecule has 9 heteroatoms. The fourth-order valence-electron chi connectivity index (χ4n) is 3.08. The average molecular weight is 370 g/mol. The van der Waals surface area contributed by atoms with Crippen LogP contribution in [0.15, 0.2) is 23.1 Å². The fourth-order valence-corrected chi connectivity index (χ4v) is 4.41. The van der Waals surface area contributed by atoms with Crippen molar-refractivity contribution in [1.82, 2.24) is 9.97 Å². The lowest BCUT2D eigenvalue weighted by molar-refractivity contribution is -0.387. The zero-order valence-electron chi connectivity index (χ0n) is 14.0. The normalized spacial score (nSPS) is 14.7. The minimum Gasteiger partial charge on any atom is -0.382 e. The Morgan fingerprint density at radius 1 is 1.23 bits per heavy atom. The van der Waals surface area contributed by atoms with Crippen LogP contribution in [-0.2, 0) is 0 Å². The maximum Gasteiger partial charge on any atom is 0.283 e. The summed E-state index contributed by atoms with van der Waals surface area (Å²) < 4.78 is 0. The molecule has 0 aliphatic heterocycles. The number of anilines is 2. The van der Waals surface area contributed by atoms with Crippen molar-refractivity contribution in [3.63, 3.8) is 0 Å². The van der Waals surface area contributed by atoms with Crippen molar-refractivity contribution in [3.05, 3.63) is 33.9 Å². The molecular weight excluding hydrogens is 352 g/mol. The summed E-state index contributed by atoms with van der Waals surface area (Å²) in [5.41, 5.74) is 12.0. The zero-order valence-corrected chi connectivity index (χ0v) is 14.8. The third-order valence-electron chi connectivity index (χ3n) is 4.34. The lowest BCUT2D eigenvalue weighted by Gasteiger charge is -2.20. The first-order valence-corrected chi connectivity index (χ1v) is 9.16. The molecule has 2 aromatic rings. The maximum absolute atomic E-state index is 11.6. The van der Waals surface area contributed by atoms with Gasteiger partial charge in [0.1, 0.15) is 17.5 Å². The Morgan fingerprint density at radius 2 is 1.96 bits per heavy atom. The molecule has 1 aromatic carbocycles. The van der Waals surface area contributed by atoms with Crippen LogP contribution in [0.25, 0.3) is 11.3 Å². The van der Waals surface area contributed by atoms with Gasteiger partial charge in [-0.2, -0.15) is 10.2 Å². The van der Waals surface area contributed by atoms with Crippen LogP contribution < -0.4 is 11.5 Å². The summed E-state index contributed by atoms with van der Waals surface area (Å²) in [6.45, 7) is 0. The standard InChI is InChI=1S/C17H18N6O2S/c18-9-12-15(21-17(20)22-16(12)19)10-6-7-14(13(8-10)23(24)25)26-11-4-2-1-3-5-11/h6-8,11H,1-5H2,(H4,19,20,21,22). The number of nitriles is 1. The molecule has 0 amide bonds. The van der Waals surface area contributed by atoms with Crippen LogP contribution in [0.5, 0.6) is 0 Å². The van der Waals surface area contributed by atoms with Gasteiger partial charge in [0.15, 0.2) is 0 Å². The second-order valence-corrected chi connectivity index (χ2v) is 7.46. The summed E-state index contributed by atoms with van der Waals surface area (Å²) in [4.78, 5) is 19.6. The molecule has 1 aliphatic rings. The van der Waals surface area contributed by atoms with Gasteiger partial charge in [-0.3, -0.25) is 10.1 Å². The third-order valence-corrected chi connectivity index (χ3v) is 5.74. The van der Waals surface area contributed by atoms with Gasteiger partial charge in [-0.15, -0.1) is 11.8 Å². The van der Waals surface area contributed by atoms with Gasteiger partial charge in [0, 0.05) is 16.9 Å². The van der Waals surface area contributed by atoms with E-state index in [1.807, 2.05) is 6.07 Å². The number of benzene rings is 1. The van der Waals surface area contributed by atoms with Gasteiger partial charge in [-0.25, -0.2) is 4.98 Å². The number of thioether (sulfide) groups is 1. The number of nitro benzene ring substituents is 1. The molecule has 3 rings (SSSR count). The maximum atomic E-state index is 11.6. The smallest absolute Gasteiger partial charge is 0.283 e. The molecule has 1 aliphatic carbocycles. The predicted molar refractivity (Wildman–Crippen MR) is 100 cm³/mol. The molecule has 1 aromatic heterocycles. The largest absolute Gasteiger partial charge is 0.382 e. The molecule has 8 nitrogen and oxygen atoms in total. The number of hydrogen-bond acceptors (Lipinski definition) is 8. The van der Waals surface area contributed by atoms with Crippen LogP contribution in [0.2, 0.25) is 0 Å². The average Bonchev–Trinajstić information content (AvgIpc) is 2.62. The molecule has 1 heterocycles. The van der Waals surface area contributed by atoms with Gasteiger partial charge in [-0.1, -0.05) is 25.3 Å². The highest BCUT2D eigenvalue weighted by molar-refractivity contribution is 8.00. The van der Waals surface area contributed by atoms with Crippen LogP contribution in [0.1, 0.15) is 37.7 Å². The Morgan fingerprint density at radius 3 is 2.62 bits per heavy atom. The Bertz CT molecular complexity index is 890. The van der Waals surface area contributed by atoms with Gasteiger partial charge >= 0.3 is 0 Å². The molecule has 0 unspecified atom stereocenters. The van der Waals surface area contributed by atoms with Crippen molar-refractivity contribution in [2.24, 2.45) is 0 Å². The highest BCUT2D eigenvalue weighted by Gasteiger charge is 2.23. The highest BCUT2D eigenvalue weighted by Crippen LogP contribution is 2.40. The lowest BCUT2D eigenvalue weighted by Crippen LogP contribution is -2.08. The van der Waals surface area contributed by atoms with Crippen LogP contribution in [0.3, 0.4) is 0 Å². The zero-order chi connectivity index (χ0) is 18.7. The second-order valence-electron chi connectivity index (χ2n) is 6.12. The van der Waals surface area contributed by atoms with Crippen molar-refractivity contribution in [3.8, 4) is 17.3 Å². The van der Waals surface area contributed by atoms with Crippen molar-refractivity contribution in [2.45, 2.75) is 42.2 Å². The number of nitrogen functional groups attached to an aromatic ring is 2. The topological polar surface area (TPSA) is 145 Å². The Kier molecular flexibility index (Phi) is 5.23. The molecule has 0 spiro atoms. The Hall–Kier alpha value is -2.86. The van der Waals surface area contributed by atoms with Crippen molar-refractivity contribution in [2.75, 3.05) is 11.5 Å². The molecule has 134 valence electrons. The van der Waals surface area contributed by atoms with E-state index in [1.165, 1.54) is 12.5 Å². The van der Waals surface area contributed by atoms with E-state index >= 15 is 0 Å². The van der Waals surface area contributed by atoms with Crippen molar-refractivity contribution >= 4 is 29.2 Å². The molecule has 4 N–H and O–H groups in total. The van der Waals surface area contributed by atoms with Gasteiger partial charge in [0.25, 0.3) is 5.69 Å². The van der Waals surface area contributed by atoms with E-state index in [2.05, 4.69) is 9.97 Å². The number of nitrogens with two attached hydrogens (primary N) is 2. The summed E-state index contributed by atoms with van der Waals surface area (Å²) in [7, 11) is 0. The lowest BCUT2D eigenvalue weighted by atomic mass is 10.0. The van der Waals surface area contributed by atoms with Crippen LogP contribution in [-0.4, -0.2) is 20.1 Å². The molecule has 0 atom stereocenters. The molecule has 0 bridgehead atoms. The number of nitro groups is 1. The minimum atomic E-state index is -0.408. The second kappa shape index (κ2) is 7.58. The van der Waals surface area contributed by atoms with Crippen LogP contribution >= 0.6 is 11.8 Å². The monoisotopic (exact) mass is 370 g/mol. The van der Waals surface area contributed by atoms with Gasteiger partial charge in [0.05, 0.1) is 15.5 Å². The summed E-state index contributed by atoms with van der Waals surface area (Å²) in [6.07, 6.45) is 5.69. The van der Waals surface area contributed by atoms with E-state index in [4.69, 9.17) is 11.5 Å². The van der Waals surface area contributed by atoms with E-state index in [0.717, 1.165) is 25.7 Å². The van der Waals surface area contributed by atoms with Gasteiger partial charge < -0.3 is 11.5 Å². The number of rotatable bonds is 4. The SMILES string of the molecule is N#Cc1c(N)nc(N)nc1-c1ccc(SC2CCCCC2)c([N+](=O)[O-])c1. The third kappa shape index (κ3) is 3.70. The first kappa shape index (κ1) is 17.9. The quantitative estimate of drug-likeness (QED) is 0.614. The minimum absolute atomic E-state index is 0.00211. The highest BCUT2D eigenvalue weighted by atomic mass is 32.2. The molecule has 1 saturated carbocycles. The van der Waals surface area contributed by atoms with E-state index < -0.39 is 4.92 Å². The van der Waals surface area contributed by atoms with Crippen molar-refractivity contribution in [1.29, 1.82) is 5.26 Å². The number of aromatic nitrogens is 2. The first-order valence-electron chi connectivity index (χ1n) is 8.28. The predicted octanol–water partition coefficient (Wildman–Crippen LogP) is 3.51. The first-order chi connectivity index (χ1) is 12.5. The summed E-state index contributed by atoms with van der Waals surface area (Å²) in [6, 6.07) is 6.78. The van der Waals surface area contributed by atoms with Crippen LogP contribution in [0.4, 0.5) is 17.5 Å². The number of hydrogen-bond donors (Lipinski definition) is 2.